The molecule has 0 aliphatic rings. The van der Waals surface area contributed by atoms with Crippen molar-refractivity contribution in [1.29, 1.82) is 0 Å². The van der Waals surface area contributed by atoms with Gasteiger partial charge in [0.05, 0.1) is 17.5 Å². The number of hydrogen-bond donors (Lipinski definition) is 1. The summed E-state index contributed by atoms with van der Waals surface area (Å²) in [5.74, 6) is 0.142. The number of amides is 1. The Bertz CT molecular complexity index is 564. The molecule has 9 heteroatoms. The van der Waals surface area contributed by atoms with Crippen LogP contribution in [0.25, 0.3) is 0 Å². The van der Waals surface area contributed by atoms with Crippen LogP contribution in [0.15, 0.2) is 10.5 Å². The van der Waals surface area contributed by atoms with Crippen molar-refractivity contribution in [2.24, 2.45) is 0 Å². The number of hydrogen-bond acceptors (Lipinski definition) is 7. The molecule has 0 bridgehead atoms. The molecule has 2 aromatic rings. The number of rotatable bonds is 5. The van der Waals surface area contributed by atoms with Gasteiger partial charge >= 0.3 is 0 Å². The monoisotopic (exact) mass is 298 g/mol. The minimum atomic E-state index is -0.113. The van der Waals surface area contributed by atoms with E-state index >= 15 is 0 Å². The third-order valence-electron chi connectivity index (χ3n) is 2.15. The van der Waals surface area contributed by atoms with Crippen molar-refractivity contribution >= 4 is 34.1 Å². The number of nitrogens with zero attached hydrogens (tertiary/aromatic N) is 5. The molecule has 7 nitrogen and oxygen atoms in total. The Labute approximate surface area is 118 Å². The van der Waals surface area contributed by atoms with E-state index in [1.54, 1.807) is 4.68 Å². The highest BCUT2D eigenvalue weighted by molar-refractivity contribution is 7.99. The zero-order valence-electron chi connectivity index (χ0n) is 10.8. The van der Waals surface area contributed by atoms with Crippen molar-refractivity contribution in [3.8, 4) is 0 Å². The van der Waals surface area contributed by atoms with Crippen molar-refractivity contribution in [2.45, 2.75) is 32.0 Å². The van der Waals surface area contributed by atoms with Crippen LogP contribution in [0.5, 0.6) is 0 Å². The van der Waals surface area contributed by atoms with Gasteiger partial charge in [-0.15, -0.1) is 16.4 Å². The number of carbonyl (C=O) groups excluding carboxylic acids is 1. The predicted molar refractivity (Wildman–Crippen MR) is 74.4 cm³/mol. The summed E-state index contributed by atoms with van der Waals surface area (Å²) in [4.78, 5) is 15.9. The Balaban J connectivity index is 1.88. The van der Waals surface area contributed by atoms with Gasteiger partial charge in [-0.3, -0.25) is 4.79 Å². The summed E-state index contributed by atoms with van der Waals surface area (Å²) < 4.78 is 1.69. The lowest BCUT2D eigenvalue weighted by atomic mass is 10.4. The first-order valence-corrected chi connectivity index (χ1v) is 7.55. The lowest BCUT2D eigenvalue weighted by Crippen LogP contribution is -2.15. The Hall–Kier alpha value is -1.48. The van der Waals surface area contributed by atoms with E-state index in [4.69, 9.17) is 0 Å². The van der Waals surface area contributed by atoms with Crippen LogP contribution in [0.1, 0.15) is 25.6 Å². The summed E-state index contributed by atoms with van der Waals surface area (Å²) in [5, 5.41) is 17.3. The van der Waals surface area contributed by atoms with Crippen molar-refractivity contribution < 1.29 is 4.79 Å². The van der Waals surface area contributed by atoms with Crippen molar-refractivity contribution in [2.75, 3.05) is 11.1 Å². The molecule has 0 aliphatic carbocycles. The van der Waals surface area contributed by atoms with Gasteiger partial charge in [0.25, 0.3) is 0 Å². The summed E-state index contributed by atoms with van der Waals surface area (Å²) in [6.45, 7) is 5.86. The number of aryl methyl sites for hydroxylation is 1. The molecule has 0 aromatic carbocycles. The van der Waals surface area contributed by atoms with Crippen LogP contribution in [0, 0.1) is 6.92 Å². The first-order chi connectivity index (χ1) is 9.06. The quantitative estimate of drug-likeness (QED) is 0.846. The predicted octanol–water partition coefficient (Wildman–Crippen LogP) is 1.75. The third kappa shape index (κ3) is 3.74. The number of thiazole rings is 1. The highest BCUT2D eigenvalue weighted by Gasteiger charge is 2.12. The van der Waals surface area contributed by atoms with E-state index < -0.39 is 0 Å². The molecular formula is C10H14N6OS2. The topological polar surface area (TPSA) is 85.6 Å². The van der Waals surface area contributed by atoms with Crippen LogP contribution >= 0.6 is 23.1 Å². The fourth-order valence-corrected chi connectivity index (χ4v) is 2.81. The Morgan fingerprint density at radius 1 is 1.58 bits per heavy atom. The molecule has 2 aromatic heterocycles. The van der Waals surface area contributed by atoms with Crippen LogP contribution in [0.4, 0.5) is 5.13 Å². The second-order valence-corrected chi connectivity index (χ2v) is 5.93. The molecule has 19 heavy (non-hydrogen) atoms. The van der Waals surface area contributed by atoms with Gasteiger partial charge in [0.1, 0.15) is 0 Å². The average Bonchev–Trinajstić information content (AvgIpc) is 2.95. The van der Waals surface area contributed by atoms with E-state index in [1.165, 1.54) is 23.1 Å². The molecule has 0 aliphatic heterocycles. The molecule has 0 unspecified atom stereocenters. The lowest BCUT2D eigenvalue weighted by Gasteiger charge is -2.06. The Morgan fingerprint density at radius 3 is 3.00 bits per heavy atom. The number of aromatic nitrogens is 5. The second kappa shape index (κ2) is 6.11. The normalized spacial score (nSPS) is 10.9. The Morgan fingerprint density at radius 2 is 2.37 bits per heavy atom. The number of anilines is 1. The van der Waals surface area contributed by atoms with Crippen molar-refractivity contribution in [3.63, 3.8) is 0 Å². The van der Waals surface area contributed by atoms with Crippen LogP contribution in [0.2, 0.25) is 0 Å². The van der Waals surface area contributed by atoms with Gasteiger partial charge < -0.3 is 5.32 Å². The molecule has 1 amide bonds. The van der Waals surface area contributed by atoms with Crippen LogP contribution in [-0.4, -0.2) is 36.9 Å². The van der Waals surface area contributed by atoms with E-state index in [0.717, 1.165) is 5.69 Å². The second-order valence-electron chi connectivity index (χ2n) is 4.13. The summed E-state index contributed by atoms with van der Waals surface area (Å²) >= 11 is 2.72. The maximum Gasteiger partial charge on any atom is 0.236 e. The SMILES string of the molecule is Cc1csc(NC(=O)CSc2nnnn2C(C)C)n1. The van der Waals surface area contributed by atoms with Crippen LogP contribution < -0.4 is 5.32 Å². The largest absolute Gasteiger partial charge is 0.301 e. The van der Waals surface area contributed by atoms with E-state index in [9.17, 15) is 4.79 Å². The average molecular weight is 298 g/mol. The number of thioether (sulfide) groups is 1. The molecule has 0 radical (unpaired) electrons. The molecule has 1 N–H and O–H groups in total. The molecule has 0 saturated carbocycles. The third-order valence-corrected chi connectivity index (χ3v) is 3.96. The van der Waals surface area contributed by atoms with Gasteiger partial charge in [0, 0.05) is 5.38 Å². The highest BCUT2D eigenvalue weighted by Crippen LogP contribution is 2.19. The minimum absolute atomic E-state index is 0.113. The first kappa shape index (κ1) is 13.9. The van der Waals surface area contributed by atoms with Gasteiger partial charge in [-0.05, 0) is 31.2 Å². The van der Waals surface area contributed by atoms with E-state index in [0.29, 0.717) is 10.3 Å². The fourth-order valence-electron chi connectivity index (χ4n) is 1.30. The molecule has 0 atom stereocenters. The van der Waals surface area contributed by atoms with Crippen LogP contribution in [-0.2, 0) is 4.79 Å². The molecular weight excluding hydrogens is 284 g/mol. The molecule has 2 rings (SSSR count). The minimum Gasteiger partial charge on any atom is -0.301 e. The van der Waals surface area contributed by atoms with E-state index in [2.05, 4.69) is 25.8 Å². The zero-order chi connectivity index (χ0) is 13.8. The summed E-state index contributed by atoms with van der Waals surface area (Å²) in [5.41, 5.74) is 0.900. The number of carbonyl (C=O) groups is 1. The zero-order valence-corrected chi connectivity index (χ0v) is 12.5. The highest BCUT2D eigenvalue weighted by atomic mass is 32.2. The number of nitrogens with one attached hydrogen (secondary N) is 1. The molecule has 102 valence electrons. The summed E-state index contributed by atoms with van der Waals surface area (Å²) in [6, 6.07) is 0.169. The van der Waals surface area contributed by atoms with Gasteiger partial charge in [0.2, 0.25) is 11.1 Å². The van der Waals surface area contributed by atoms with Crippen molar-refractivity contribution in [3.05, 3.63) is 11.1 Å². The molecule has 0 saturated heterocycles. The lowest BCUT2D eigenvalue weighted by molar-refractivity contribution is -0.113. The standard InChI is InChI=1S/C10H14N6OS2/c1-6(2)16-10(13-14-15-16)19-5-8(17)12-9-11-7(3)4-18-9/h4,6H,5H2,1-3H3,(H,11,12,17). The Kier molecular flexibility index (Phi) is 4.48. The molecule has 2 heterocycles. The van der Waals surface area contributed by atoms with Crippen molar-refractivity contribution in [1.82, 2.24) is 25.2 Å². The summed E-state index contributed by atoms with van der Waals surface area (Å²) in [7, 11) is 0. The maximum atomic E-state index is 11.8. The van der Waals surface area contributed by atoms with Gasteiger partial charge in [-0.25, -0.2) is 9.67 Å². The van der Waals surface area contributed by atoms with Gasteiger partial charge in [-0.1, -0.05) is 11.8 Å². The number of tetrazole rings is 1. The smallest absolute Gasteiger partial charge is 0.236 e. The fraction of sp³-hybridized carbons (Fsp3) is 0.500. The van der Waals surface area contributed by atoms with Gasteiger partial charge in [-0.2, -0.15) is 0 Å². The van der Waals surface area contributed by atoms with E-state index in [-0.39, 0.29) is 17.7 Å². The summed E-state index contributed by atoms with van der Waals surface area (Å²) in [6.07, 6.45) is 0. The van der Waals surface area contributed by atoms with Crippen LogP contribution in [0.3, 0.4) is 0 Å². The van der Waals surface area contributed by atoms with E-state index in [1.807, 2.05) is 26.2 Å². The first-order valence-electron chi connectivity index (χ1n) is 5.69. The molecule has 0 spiro atoms. The maximum absolute atomic E-state index is 11.8. The molecule has 0 fully saturated rings. The van der Waals surface area contributed by atoms with Gasteiger partial charge in [0.15, 0.2) is 5.13 Å².